The van der Waals surface area contributed by atoms with Crippen molar-refractivity contribution in [3.05, 3.63) is 40.7 Å². The van der Waals surface area contributed by atoms with Crippen LogP contribution in [0.4, 0.5) is 0 Å². The van der Waals surface area contributed by atoms with Gasteiger partial charge in [-0.05, 0) is 88.3 Å². The minimum absolute atomic E-state index is 0.129. The number of nitrogens with two attached hydrogens (primary N) is 2. The van der Waals surface area contributed by atoms with Crippen LogP contribution in [-0.2, 0) is 9.53 Å². The van der Waals surface area contributed by atoms with Crippen molar-refractivity contribution in [1.82, 2.24) is 9.88 Å². The van der Waals surface area contributed by atoms with E-state index in [1.54, 1.807) is 7.11 Å². The number of rotatable bonds is 8. The summed E-state index contributed by atoms with van der Waals surface area (Å²) in [6.45, 7) is 6.19. The van der Waals surface area contributed by atoms with Crippen LogP contribution in [0, 0.1) is 16.7 Å². The quantitative estimate of drug-likeness (QED) is 0.258. The molecule has 1 amide bonds. The number of carbonyl (C=O) groups is 1. The minimum atomic E-state index is -0.477. The summed E-state index contributed by atoms with van der Waals surface area (Å²) in [6.07, 6.45) is 5.66. The van der Waals surface area contributed by atoms with E-state index in [4.69, 9.17) is 32.0 Å². The van der Waals surface area contributed by atoms with Crippen LogP contribution in [-0.4, -0.2) is 78.8 Å². The number of aromatic nitrogens is 1. The molecule has 1 aliphatic carbocycles. The smallest absolute Gasteiger partial charge is 0.204 e. The molecular formula is C27H41ClN6O3. The van der Waals surface area contributed by atoms with Gasteiger partial charge in [0.1, 0.15) is 0 Å². The molecular weight excluding hydrogens is 492 g/mol. The Morgan fingerprint density at radius 1 is 1.32 bits per heavy atom. The van der Waals surface area contributed by atoms with Gasteiger partial charge < -0.3 is 32.1 Å². The van der Waals surface area contributed by atoms with Gasteiger partial charge in [-0.15, -0.1) is 0 Å². The van der Waals surface area contributed by atoms with Crippen LogP contribution in [0.2, 0.25) is 5.02 Å². The average Bonchev–Trinajstić information content (AvgIpc) is 3.70. The number of primary amides is 1. The van der Waals surface area contributed by atoms with E-state index in [2.05, 4.69) is 40.4 Å². The van der Waals surface area contributed by atoms with Crippen molar-refractivity contribution in [1.29, 1.82) is 10.8 Å². The number of hydrogen-bond acceptors (Lipinski definition) is 8. The number of benzene rings is 1. The van der Waals surface area contributed by atoms with E-state index in [0.29, 0.717) is 18.2 Å². The van der Waals surface area contributed by atoms with Gasteiger partial charge in [0.05, 0.1) is 24.0 Å². The second-order valence-electron chi connectivity index (χ2n) is 9.74. The van der Waals surface area contributed by atoms with E-state index in [0.717, 1.165) is 60.1 Å². The molecule has 1 aromatic carbocycles. The fourth-order valence-electron chi connectivity index (χ4n) is 5.16. The number of piperidine rings is 1. The number of methoxy groups -OCH3 is 1. The normalized spacial score (nSPS) is 21.9. The Morgan fingerprint density at radius 2 is 1.95 bits per heavy atom. The van der Waals surface area contributed by atoms with Gasteiger partial charge in [-0.2, -0.15) is 0 Å². The Balaban J connectivity index is 0.000000898. The highest BCUT2D eigenvalue weighted by molar-refractivity contribution is 6.32. The summed E-state index contributed by atoms with van der Waals surface area (Å²) in [4.78, 5) is 15.5. The molecule has 7 N–H and O–H groups in total. The van der Waals surface area contributed by atoms with Gasteiger partial charge >= 0.3 is 0 Å². The number of nitrogens with one attached hydrogen (secondary N) is 2. The number of amides is 1. The second kappa shape index (κ2) is 13.9. The van der Waals surface area contributed by atoms with Gasteiger partial charge in [0.25, 0.3) is 0 Å². The molecule has 2 heterocycles. The summed E-state index contributed by atoms with van der Waals surface area (Å²) in [7, 11) is 3.18. The average molecular weight is 533 g/mol. The Kier molecular flexibility index (Phi) is 11.6. The maximum atomic E-state index is 10.4. The highest BCUT2D eigenvalue weighted by Gasteiger charge is 2.42. The zero-order chi connectivity index (χ0) is 27.8. The van der Waals surface area contributed by atoms with Crippen molar-refractivity contribution in [2.24, 2.45) is 17.4 Å². The molecule has 4 atom stereocenters. The molecule has 2 aromatic rings. The number of aliphatic hydroxyl groups is 1. The topological polar surface area (TPSA) is 162 Å². The molecule has 37 heavy (non-hydrogen) atoms. The molecule has 0 bridgehead atoms. The predicted octanol–water partition coefficient (Wildman–Crippen LogP) is 3.30. The molecule has 10 heteroatoms. The van der Waals surface area contributed by atoms with Crippen LogP contribution >= 0.6 is 11.6 Å². The lowest BCUT2D eigenvalue weighted by Crippen LogP contribution is -2.58. The summed E-state index contributed by atoms with van der Waals surface area (Å²) in [5.74, 6) is 0.749. The third-order valence-electron chi connectivity index (χ3n) is 7.58. The summed E-state index contributed by atoms with van der Waals surface area (Å²) in [5.41, 5.74) is 10.8. The Morgan fingerprint density at radius 3 is 2.49 bits per heavy atom. The van der Waals surface area contributed by atoms with Gasteiger partial charge in [0.15, 0.2) is 0 Å². The molecule has 2 aliphatic rings. The van der Waals surface area contributed by atoms with E-state index >= 15 is 0 Å². The van der Waals surface area contributed by atoms with Crippen molar-refractivity contribution in [2.45, 2.75) is 56.6 Å². The van der Waals surface area contributed by atoms with Crippen LogP contribution in [0.1, 0.15) is 56.2 Å². The molecule has 204 valence electrons. The standard InChI is InChI=1S/C25H33ClN4O2.CH3NO.CH5N/c1-15(31)25(2,14-32-3)30-6-4-16(5-7-30)19-8-17-10-24(21-11-20(21)23(28)12-27)29-13-18(17)9-22(19)26;2-1-3;1-2/h8-10,12-13,15-16,20-21,27-28,31H,4-7,11,14H2,1-3H3;1H,(H2,2,3);2H2,1H3. The first-order valence-corrected chi connectivity index (χ1v) is 12.9. The van der Waals surface area contributed by atoms with Gasteiger partial charge in [0, 0.05) is 47.5 Å². The highest BCUT2D eigenvalue weighted by atomic mass is 35.5. The Labute approximate surface area is 224 Å². The zero-order valence-electron chi connectivity index (χ0n) is 22.2. The molecule has 4 unspecified atom stereocenters. The molecule has 1 aliphatic heterocycles. The van der Waals surface area contributed by atoms with Gasteiger partial charge in [-0.3, -0.25) is 14.7 Å². The molecule has 2 fully saturated rings. The first-order valence-electron chi connectivity index (χ1n) is 12.5. The van der Waals surface area contributed by atoms with E-state index < -0.39 is 11.6 Å². The number of nitrogens with zero attached hydrogens (tertiary/aromatic N) is 2. The predicted molar refractivity (Wildman–Crippen MR) is 150 cm³/mol. The number of fused-ring (bicyclic) bond motifs is 1. The first-order chi connectivity index (χ1) is 17.7. The number of carbonyl (C=O) groups excluding carboxylic acids is 1. The van der Waals surface area contributed by atoms with E-state index in [-0.39, 0.29) is 18.2 Å². The Hall–Kier alpha value is -2.43. The van der Waals surface area contributed by atoms with Crippen LogP contribution in [0.25, 0.3) is 10.8 Å². The monoisotopic (exact) mass is 532 g/mol. The third kappa shape index (κ3) is 7.12. The molecule has 1 saturated carbocycles. The lowest BCUT2D eigenvalue weighted by atomic mass is 9.84. The lowest BCUT2D eigenvalue weighted by Gasteiger charge is -2.46. The molecule has 1 aromatic heterocycles. The van der Waals surface area contributed by atoms with Crippen molar-refractivity contribution < 1.29 is 14.6 Å². The summed E-state index contributed by atoms with van der Waals surface area (Å²) < 4.78 is 5.41. The van der Waals surface area contributed by atoms with Gasteiger partial charge in [-0.25, -0.2) is 0 Å². The minimum Gasteiger partial charge on any atom is -0.391 e. The first kappa shape index (κ1) is 30.8. The van der Waals surface area contributed by atoms with E-state index in [1.165, 1.54) is 12.6 Å². The zero-order valence-corrected chi connectivity index (χ0v) is 23.0. The number of ether oxygens (including phenoxy) is 1. The maximum Gasteiger partial charge on any atom is 0.204 e. The van der Waals surface area contributed by atoms with Crippen molar-refractivity contribution in [3.63, 3.8) is 0 Å². The van der Waals surface area contributed by atoms with Crippen LogP contribution in [0.15, 0.2) is 24.4 Å². The summed E-state index contributed by atoms with van der Waals surface area (Å²) in [5, 5.41) is 28.5. The van der Waals surface area contributed by atoms with Gasteiger partial charge in [-0.1, -0.05) is 11.6 Å². The Bertz CT molecular complexity index is 1070. The number of likely N-dealkylation sites (tertiary alicyclic amines) is 1. The van der Waals surface area contributed by atoms with Crippen LogP contribution in [0.5, 0.6) is 0 Å². The van der Waals surface area contributed by atoms with Gasteiger partial charge in [0.2, 0.25) is 6.41 Å². The van der Waals surface area contributed by atoms with Crippen LogP contribution in [0.3, 0.4) is 0 Å². The molecule has 9 nitrogen and oxygen atoms in total. The van der Waals surface area contributed by atoms with E-state index in [9.17, 15) is 5.11 Å². The van der Waals surface area contributed by atoms with Crippen molar-refractivity contribution >= 4 is 40.7 Å². The summed E-state index contributed by atoms with van der Waals surface area (Å²) >= 11 is 6.71. The second-order valence-corrected chi connectivity index (χ2v) is 10.1. The molecule has 1 saturated heterocycles. The number of halogens is 1. The summed E-state index contributed by atoms with van der Waals surface area (Å²) in [6, 6.07) is 6.37. The maximum absolute atomic E-state index is 10.4. The largest absolute Gasteiger partial charge is 0.391 e. The third-order valence-corrected chi connectivity index (χ3v) is 7.90. The fraction of sp³-hybridized carbons (Fsp3) is 0.556. The molecule has 0 spiro atoms. The molecule has 0 radical (unpaired) electrons. The number of hydrogen-bond donors (Lipinski definition) is 5. The fourth-order valence-corrected chi connectivity index (χ4v) is 5.48. The number of aliphatic hydroxyl groups excluding tert-OH is 1. The number of pyridine rings is 1. The van der Waals surface area contributed by atoms with Crippen LogP contribution < -0.4 is 11.5 Å². The molecule has 4 rings (SSSR count). The van der Waals surface area contributed by atoms with E-state index in [1.807, 2.05) is 19.2 Å². The highest BCUT2D eigenvalue weighted by Crippen LogP contribution is 2.47. The SMILES string of the molecule is CN.COCC(C)(C(C)O)N1CCC(c2cc3cc(C4CC4C(=N)C=N)ncc3cc2Cl)CC1.NC=O. The van der Waals surface area contributed by atoms with Crippen molar-refractivity contribution in [3.8, 4) is 0 Å². The lowest BCUT2D eigenvalue weighted by molar-refractivity contribution is -0.106. The van der Waals surface area contributed by atoms with Crippen molar-refractivity contribution in [2.75, 3.05) is 33.9 Å².